The molecule has 6 heteroatoms. The maximum Gasteiger partial charge on any atom is 0.227 e. The fourth-order valence-electron chi connectivity index (χ4n) is 2.95. The third kappa shape index (κ3) is 3.10. The Morgan fingerprint density at radius 3 is 2.96 bits per heavy atom. The SMILES string of the molecule is O=C(CCc1nc(-c2ccsc2)no1)N1CCc2ccccc2C1. The molecule has 122 valence electrons. The van der Waals surface area contributed by atoms with Gasteiger partial charge in [-0.3, -0.25) is 4.79 Å². The van der Waals surface area contributed by atoms with Crippen molar-refractivity contribution >= 4 is 17.2 Å². The first kappa shape index (κ1) is 15.1. The summed E-state index contributed by atoms with van der Waals surface area (Å²) < 4.78 is 5.26. The molecule has 0 bridgehead atoms. The average molecular weight is 339 g/mol. The lowest BCUT2D eigenvalue weighted by Crippen LogP contribution is -2.36. The molecule has 24 heavy (non-hydrogen) atoms. The van der Waals surface area contributed by atoms with Gasteiger partial charge >= 0.3 is 0 Å². The molecule has 5 nitrogen and oxygen atoms in total. The van der Waals surface area contributed by atoms with Crippen molar-refractivity contribution in [2.75, 3.05) is 6.54 Å². The molecule has 1 amide bonds. The van der Waals surface area contributed by atoms with Crippen LogP contribution in [0.5, 0.6) is 0 Å². The number of nitrogens with zero attached hydrogens (tertiary/aromatic N) is 3. The van der Waals surface area contributed by atoms with E-state index in [1.165, 1.54) is 11.1 Å². The zero-order valence-electron chi connectivity index (χ0n) is 13.1. The summed E-state index contributed by atoms with van der Waals surface area (Å²) in [6.07, 6.45) is 1.80. The lowest BCUT2D eigenvalue weighted by atomic mass is 9.99. The van der Waals surface area contributed by atoms with Crippen molar-refractivity contribution in [2.45, 2.75) is 25.8 Å². The normalized spacial score (nSPS) is 13.8. The van der Waals surface area contributed by atoms with Crippen LogP contribution in [0.25, 0.3) is 11.4 Å². The number of amides is 1. The lowest BCUT2D eigenvalue weighted by Gasteiger charge is -2.28. The quantitative estimate of drug-likeness (QED) is 0.732. The number of aryl methyl sites for hydroxylation is 1. The summed E-state index contributed by atoms with van der Waals surface area (Å²) in [4.78, 5) is 18.7. The molecule has 4 rings (SSSR count). The van der Waals surface area contributed by atoms with Gasteiger partial charge in [0.05, 0.1) is 0 Å². The van der Waals surface area contributed by atoms with E-state index in [1.807, 2.05) is 27.8 Å². The predicted molar refractivity (Wildman–Crippen MR) is 91.5 cm³/mol. The summed E-state index contributed by atoms with van der Waals surface area (Å²) in [5, 5.41) is 7.93. The van der Waals surface area contributed by atoms with E-state index in [0.717, 1.165) is 18.5 Å². The van der Waals surface area contributed by atoms with Crippen molar-refractivity contribution < 1.29 is 9.32 Å². The number of hydrogen-bond donors (Lipinski definition) is 0. The van der Waals surface area contributed by atoms with Crippen molar-refractivity contribution in [2.24, 2.45) is 0 Å². The van der Waals surface area contributed by atoms with Crippen LogP contribution in [0.15, 0.2) is 45.6 Å². The van der Waals surface area contributed by atoms with E-state index in [0.29, 0.717) is 31.1 Å². The van der Waals surface area contributed by atoms with Crippen LogP contribution >= 0.6 is 11.3 Å². The molecule has 3 heterocycles. The number of aromatic nitrogens is 2. The summed E-state index contributed by atoms with van der Waals surface area (Å²) in [7, 11) is 0. The highest BCUT2D eigenvalue weighted by Crippen LogP contribution is 2.21. The van der Waals surface area contributed by atoms with E-state index in [-0.39, 0.29) is 5.91 Å². The van der Waals surface area contributed by atoms with Gasteiger partial charge in [0.1, 0.15) is 0 Å². The standard InChI is InChI=1S/C18H17N3O2S/c22-17(21-9-7-13-3-1-2-4-14(13)11-21)6-5-16-19-18(20-23-16)15-8-10-24-12-15/h1-4,8,10,12H,5-7,9,11H2. The van der Waals surface area contributed by atoms with Crippen molar-refractivity contribution in [3.63, 3.8) is 0 Å². The highest BCUT2D eigenvalue weighted by atomic mass is 32.1. The Kier molecular flexibility index (Phi) is 4.13. The summed E-state index contributed by atoms with van der Waals surface area (Å²) in [6, 6.07) is 10.3. The molecule has 0 spiro atoms. The molecular weight excluding hydrogens is 322 g/mol. The van der Waals surface area contributed by atoms with E-state index in [2.05, 4.69) is 28.3 Å². The maximum atomic E-state index is 12.5. The lowest BCUT2D eigenvalue weighted by molar-refractivity contribution is -0.132. The molecule has 3 aromatic rings. The first-order chi connectivity index (χ1) is 11.8. The second kappa shape index (κ2) is 6.57. The zero-order chi connectivity index (χ0) is 16.4. The first-order valence-corrected chi connectivity index (χ1v) is 8.93. The van der Waals surface area contributed by atoms with Gasteiger partial charge in [-0.25, -0.2) is 0 Å². The number of carbonyl (C=O) groups excluding carboxylic acids is 1. The highest BCUT2D eigenvalue weighted by Gasteiger charge is 2.21. The van der Waals surface area contributed by atoms with Crippen LogP contribution in [0.3, 0.4) is 0 Å². The number of thiophene rings is 1. The molecule has 1 aliphatic rings. The highest BCUT2D eigenvalue weighted by molar-refractivity contribution is 7.08. The minimum Gasteiger partial charge on any atom is -0.339 e. The Morgan fingerprint density at radius 2 is 2.12 bits per heavy atom. The van der Waals surface area contributed by atoms with Crippen LogP contribution in [-0.4, -0.2) is 27.5 Å². The topological polar surface area (TPSA) is 59.2 Å². The smallest absolute Gasteiger partial charge is 0.227 e. The van der Waals surface area contributed by atoms with Crippen molar-refractivity contribution in [1.29, 1.82) is 0 Å². The average Bonchev–Trinajstić information content (AvgIpc) is 3.30. The monoisotopic (exact) mass is 339 g/mol. The van der Waals surface area contributed by atoms with Crippen LogP contribution in [0.1, 0.15) is 23.4 Å². The van der Waals surface area contributed by atoms with E-state index in [4.69, 9.17) is 4.52 Å². The minimum atomic E-state index is 0.139. The van der Waals surface area contributed by atoms with Gasteiger partial charge in [-0.05, 0) is 29.0 Å². The molecule has 0 saturated carbocycles. The Labute approximate surface area is 143 Å². The van der Waals surface area contributed by atoms with Gasteiger partial charge in [0.2, 0.25) is 17.6 Å². The van der Waals surface area contributed by atoms with Gasteiger partial charge in [-0.15, -0.1) is 0 Å². The third-order valence-electron chi connectivity index (χ3n) is 4.28. The minimum absolute atomic E-state index is 0.139. The number of rotatable bonds is 4. The van der Waals surface area contributed by atoms with Gasteiger partial charge in [-0.1, -0.05) is 29.4 Å². The van der Waals surface area contributed by atoms with Crippen molar-refractivity contribution in [3.8, 4) is 11.4 Å². The molecule has 0 radical (unpaired) electrons. The molecule has 0 saturated heterocycles. The fraction of sp³-hybridized carbons (Fsp3) is 0.278. The van der Waals surface area contributed by atoms with Crippen LogP contribution < -0.4 is 0 Å². The van der Waals surface area contributed by atoms with Crippen LogP contribution in [0.4, 0.5) is 0 Å². The van der Waals surface area contributed by atoms with Gasteiger partial charge in [0.15, 0.2) is 0 Å². The van der Waals surface area contributed by atoms with Crippen LogP contribution in [0.2, 0.25) is 0 Å². The van der Waals surface area contributed by atoms with E-state index in [1.54, 1.807) is 11.3 Å². The predicted octanol–water partition coefficient (Wildman–Crippen LogP) is 3.32. The Bertz CT molecular complexity index is 842. The van der Waals surface area contributed by atoms with Gasteiger partial charge in [0, 0.05) is 36.9 Å². The largest absolute Gasteiger partial charge is 0.339 e. The van der Waals surface area contributed by atoms with Gasteiger partial charge in [-0.2, -0.15) is 16.3 Å². The first-order valence-electron chi connectivity index (χ1n) is 7.99. The molecule has 1 aliphatic heterocycles. The molecule has 2 aromatic heterocycles. The number of fused-ring (bicyclic) bond motifs is 1. The Balaban J connectivity index is 1.36. The second-order valence-electron chi connectivity index (χ2n) is 5.86. The van der Waals surface area contributed by atoms with Crippen LogP contribution in [0, 0.1) is 0 Å². The second-order valence-corrected chi connectivity index (χ2v) is 6.64. The summed E-state index contributed by atoms with van der Waals surface area (Å²) in [6.45, 7) is 1.47. The molecule has 1 aromatic carbocycles. The molecular formula is C18H17N3O2S. The van der Waals surface area contributed by atoms with E-state index in [9.17, 15) is 4.79 Å². The molecule has 0 unspecified atom stereocenters. The van der Waals surface area contributed by atoms with Crippen molar-refractivity contribution in [1.82, 2.24) is 15.0 Å². The van der Waals surface area contributed by atoms with Gasteiger partial charge in [0.25, 0.3) is 0 Å². The zero-order valence-corrected chi connectivity index (χ0v) is 14.0. The fourth-order valence-corrected chi connectivity index (χ4v) is 3.58. The molecule has 0 atom stereocenters. The molecule has 0 fully saturated rings. The summed E-state index contributed by atoms with van der Waals surface area (Å²) >= 11 is 1.59. The Hall–Kier alpha value is -2.47. The number of benzene rings is 1. The number of carbonyl (C=O) groups is 1. The van der Waals surface area contributed by atoms with Crippen molar-refractivity contribution in [3.05, 3.63) is 58.1 Å². The molecule has 0 aliphatic carbocycles. The molecule has 0 N–H and O–H groups in total. The maximum absolute atomic E-state index is 12.5. The van der Waals surface area contributed by atoms with E-state index >= 15 is 0 Å². The third-order valence-corrected chi connectivity index (χ3v) is 4.97. The number of hydrogen-bond acceptors (Lipinski definition) is 5. The Morgan fingerprint density at radius 1 is 1.25 bits per heavy atom. The van der Waals surface area contributed by atoms with E-state index < -0.39 is 0 Å². The van der Waals surface area contributed by atoms with Crippen LogP contribution in [-0.2, 0) is 24.2 Å². The van der Waals surface area contributed by atoms with Gasteiger partial charge < -0.3 is 9.42 Å². The summed E-state index contributed by atoms with van der Waals surface area (Å²) in [5.74, 6) is 1.24. The summed E-state index contributed by atoms with van der Waals surface area (Å²) in [5.41, 5.74) is 3.54.